The summed E-state index contributed by atoms with van der Waals surface area (Å²) in [5, 5.41) is 5.28. The summed E-state index contributed by atoms with van der Waals surface area (Å²) in [7, 11) is 4.30. The Balaban J connectivity index is 2.24. The number of nitrogens with one attached hydrogen (secondary N) is 3. The number of ketones is 1. The van der Waals surface area contributed by atoms with Crippen LogP contribution in [0.2, 0.25) is 0 Å². The highest BCUT2D eigenvalue weighted by atomic mass is 16.2. The van der Waals surface area contributed by atoms with Crippen LogP contribution in [0.25, 0.3) is 0 Å². The number of amides is 2. The summed E-state index contributed by atoms with van der Waals surface area (Å²) in [6.45, 7) is 5.79. The molecule has 0 aliphatic heterocycles. The highest BCUT2D eigenvalue weighted by Crippen LogP contribution is 2.05. The summed E-state index contributed by atoms with van der Waals surface area (Å²) in [4.78, 5) is 40.6. The first-order valence-electron chi connectivity index (χ1n) is 8.62. The Bertz CT molecular complexity index is 639. The van der Waals surface area contributed by atoms with E-state index in [1.807, 2.05) is 0 Å². The number of nitrogens with zero attached hydrogens (tertiary/aromatic N) is 2. The molecule has 1 heterocycles. The fourth-order valence-corrected chi connectivity index (χ4v) is 2.52. The number of anilines is 1. The van der Waals surface area contributed by atoms with Crippen molar-refractivity contribution in [3.63, 3.8) is 0 Å². The van der Waals surface area contributed by atoms with Gasteiger partial charge in [-0.25, -0.2) is 9.78 Å². The lowest BCUT2D eigenvalue weighted by Gasteiger charge is -2.29. The fraction of sp³-hybridized carbons (Fsp3) is 0.647. The van der Waals surface area contributed by atoms with Crippen molar-refractivity contribution in [3.8, 4) is 0 Å². The number of Topliss-reactive ketones (excluding diaryl/α,β-unsaturated/α-hetero) is 1. The van der Waals surface area contributed by atoms with Gasteiger partial charge in [0.05, 0.1) is 27.2 Å². The van der Waals surface area contributed by atoms with Crippen LogP contribution >= 0.6 is 0 Å². The Hall–Kier alpha value is -2.22. The van der Waals surface area contributed by atoms with Crippen LogP contribution in [-0.4, -0.2) is 60.0 Å². The van der Waals surface area contributed by atoms with Crippen molar-refractivity contribution in [2.45, 2.75) is 39.5 Å². The number of rotatable bonds is 10. The smallest absolute Gasteiger partial charge is 0.321 e. The van der Waals surface area contributed by atoms with Crippen LogP contribution in [0.5, 0.6) is 0 Å². The molecule has 0 saturated heterocycles. The molecule has 0 aromatic carbocycles. The van der Waals surface area contributed by atoms with Gasteiger partial charge in [0.1, 0.15) is 5.78 Å². The number of quaternary nitrogens is 1. The zero-order valence-corrected chi connectivity index (χ0v) is 15.6. The molecule has 0 bridgehead atoms. The predicted octanol–water partition coefficient (Wildman–Crippen LogP) is 1.43. The molecular weight excluding hydrogens is 322 g/mol. The number of aryl methyl sites for hydroxylation is 1. The van der Waals surface area contributed by atoms with Gasteiger partial charge in [0, 0.05) is 31.1 Å². The molecule has 3 N–H and O–H groups in total. The zero-order chi connectivity index (χ0) is 18.9. The molecule has 0 saturated carbocycles. The van der Waals surface area contributed by atoms with Gasteiger partial charge >= 0.3 is 6.03 Å². The number of hydrogen-bond donors (Lipinski definition) is 3. The van der Waals surface area contributed by atoms with Crippen molar-refractivity contribution in [2.24, 2.45) is 0 Å². The van der Waals surface area contributed by atoms with E-state index < -0.39 is 0 Å². The van der Waals surface area contributed by atoms with E-state index in [0.717, 1.165) is 36.8 Å². The van der Waals surface area contributed by atoms with Crippen LogP contribution in [-0.2, 0) is 4.79 Å². The second kappa shape index (κ2) is 9.93. The van der Waals surface area contributed by atoms with Crippen LogP contribution in [0, 0.1) is 6.92 Å². The Morgan fingerprint density at radius 1 is 1.20 bits per heavy atom. The minimum atomic E-state index is -0.388. The second-order valence-corrected chi connectivity index (χ2v) is 7.01. The van der Waals surface area contributed by atoms with Crippen molar-refractivity contribution in [2.75, 3.05) is 39.0 Å². The van der Waals surface area contributed by atoms with Crippen molar-refractivity contribution < 1.29 is 14.1 Å². The molecule has 1 aromatic heterocycles. The van der Waals surface area contributed by atoms with E-state index in [4.69, 9.17) is 0 Å². The van der Waals surface area contributed by atoms with E-state index in [1.54, 1.807) is 13.8 Å². The van der Waals surface area contributed by atoms with E-state index >= 15 is 0 Å². The van der Waals surface area contributed by atoms with E-state index in [-0.39, 0.29) is 23.3 Å². The third kappa shape index (κ3) is 9.61. The number of aromatic amines is 1. The maximum absolute atomic E-state index is 11.8. The van der Waals surface area contributed by atoms with Gasteiger partial charge in [0.15, 0.2) is 0 Å². The number of hydrogen-bond acceptors (Lipinski definition) is 4. The van der Waals surface area contributed by atoms with E-state index in [2.05, 4.69) is 34.7 Å². The number of urea groups is 1. The standard InChI is InChI=1S/C17H29N5O3/c1-13-12-15(24)20-16(19-13)21-17(25)18-9-7-11-22(3,4)10-6-5-8-14(2)23/h12H,5-11H2,1-4H3,(H2-,18,19,20,21,24,25)/p+1. The molecule has 2 amide bonds. The first-order valence-corrected chi connectivity index (χ1v) is 8.62. The predicted molar refractivity (Wildman–Crippen MR) is 97.6 cm³/mol. The maximum atomic E-state index is 11.8. The monoisotopic (exact) mass is 352 g/mol. The summed E-state index contributed by atoms with van der Waals surface area (Å²) >= 11 is 0. The lowest BCUT2D eigenvalue weighted by Crippen LogP contribution is -2.42. The Morgan fingerprint density at radius 2 is 1.88 bits per heavy atom. The van der Waals surface area contributed by atoms with E-state index in [9.17, 15) is 14.4 Å². The van der Waals surface area contributed by atoms with Gasteiger partial charge in [-0.1, -0.05) is 0 Å². The van der Waals surface area contributed by atoms with Gasteiger partial charge < -0.3 is 14.6 Å². The summed E-state index contributed by atoms with van der Waals surface area (Å²) in [6, 6.07) is 0.972. The SMILES string of the molecule is CC(=O)CCCC[N+](C)(C)CCCNC(=O)Nc1nc(C)cc(=O)[nH]1. The minimum Gasteiger partial charge on any atom is -0.338 e. The number of aromatic nitrogens is 2. The van der Waals surface area contributed by atoms with Crippen molar-refractivity contribution in [1.82, 2.24) is 15.3 Å². The van der Waals surface area contributed by atoms with Gasteiger partial charge in [-0.3, -0.25) is 15.1 Å². The maximum Gasteiger partial charge on any atom is 0.321 e. The quantitative estimate of drug-likeness (QED) is 0.438. The van der Waals surface area contributed by atoms with Crippen LogP contribution in [0.3, 0.4) is 0 Å². The van der Waals surface area contributed by atoms with Crippen LogP contribution in [0.15, 0.2) is 10.9 Å². The summed E-state index contributed by atoms with van der Waals surface area (Å²) in [5.74, 6) is 0.383. The number of unbranched alkanes of at least 4 members (excludes halogenated alkanes) is 1. The first-order chi connectivity index (χ1) is 11.7. The average Bonchev–Trinajstić information content (AvgIpc) is 2.47. The molecule has 8 heteroatoms. The molecule has 1 aromatic rings. The van der Waals surface area contributed by atoms with Crippen molar-refractivity contribution in [3.05, 3.63) is 22.1 Å². The van der Waals surface area contributed by atoms with Crippen LogP contribution in [0.1, 0.15) is 38.3 Å². The zero-order valence-electron chi connectivity index (χ0n) is 15.6. The van der Waals surface area contributed by atoms with E-state index in [1.165, 1.54) is 6.07 Å². The minimum absolute atomic E-state index is 0.143. The molecule has 25 heavy (non-hydrogen) atoms. The third-order valence-corrected chi connectivity index (χ3v) is 3.87. The summed E-state index contributed by atoms with van der Waals surface area (Å²) in [5.41, 5.74) is 0.245. The highest BCUT2D eigenvalue weighted by Gasteiger charge is 2.14. The normalized spacial score (nSPS) is 11.2. The third-order valence-electron chi connectivity index (χ3n) is 3.87. The molecule has 0 atom stereocenters. The van der Waals surface area contributed by atoms with Crippen molar-refractivity contribution >= 4 is 17.8 Å². The topological polar surface area (TPSA) is 104 Å². The lowest BCUT2D eigenvalue weighted by molar-refractivity contribution is -0.890. The molecule has 0 aliphatic rings. The molecule has 140 valence electrons. The largest absolute Gasteiger partial charge is 0.338 e. The summed E-state index contributed by atoms with van der Waals surface area (Å²) in [6.07, 6.45) is 3.44. The molecule has 8 nitrogen and oxygen atoms in total. The molecule has 0 fully saturated rings. The Labute approximate surface area is 148 Å². The van der Waals surface area contributed by atoms with Gasteiger partial charge in [-0.15, -0.1) is 0 Å². The molecule has 1 rings (SSSR count). The summed E-state index contributed by atoms with van der Waals surface area (Å²) < 4.78 is 0.855. The van der Waals surface area contributed by atoms with Crippen LogP contribution in [0.4, 0.5) is 10.7 Å². The fourth-order valence-electron chi connectivity index (χ4n) is 2.52. The van der Waals surface area contributed by atoms with E-state index in [0.29, 0.717) is 18.7 Å². The Morgan fingerprint density at radius 3 is 2.52 bits per heavy atom. The molecule has 0 unspecified atom stereocenters. The second-order valence-electron chi connectivity index (χ2n) is 7.01. The average molecular weight is 352 g/mol. The van der Waals surface area contributed by atoms with Gasteiger partial charge in [-0.05, 0) is 26.7 Å². The molecule has 0 radical (unpaired) electrons. The first kappa shape index (κ1) is 20.8. The van der Waals surface area contributed by atoms with Crippen LogP contribution < -0.4 is 16.2 Å². The molecule has 0 aliphatic carbocycles. The number of H-pyrrole nitrogens is 1. The number of carbonyl (C=O) groups excluding carboxylic acids is 2. The van der Waals surface area contributed by atoms with Gasteiger partial charge in [0.2, 0.25) is 5.95 Å². The lowest BCUT2D eigenvalue weighted by atomic mass is 10.2. The number of carbonyl (C=O) groups is 2. The van der Waals surface area contributed by atoms with Gasteiger partial charge in [0.25, 0.3) is 5.56 Å². The highest BCUT2D eigenvalue weighted by molar-refractivity contribution is 5.87. The Kier molecular flexibility index (Phi) is 8.27. The molecular formula is C17H30N5O3+. The van der Waals surface area contributed by atoms with Gasteiger partial charge in [-0.2, -0.15) is 0 Å². The van der Waals surface area contributed by atoms with Crippen molar-refractivity contribution in [1.29, 1.82) is 0 Å². The molecule has 0 spiro atoms.